The molecule has 0 unspecified atom stereocenters. The van der Waals surface area contributed by atoms with E-state index in [0.717, 1.165) is 5.01 Å². The number of hydrogen-bond acceptors (Lipinski definition) is 4. The Labute approximate surface area is 134 Å². The average Bonchev–Trinajstić information content (AvgIpc) is 2.75. The van der Waals surface area contributed by atoms with Gasteiger partial charge in [0.25, 0.3) is 0 Å². The summed E-state index contributed by atoms with van der Waals surface area (Å²) < 4.78 is 24.5. The second-order valence-electron chi connectivity index (χ2n) is 6.06. The van der Waals surface area contributed by atoms with E-state index in [0.29, 0.717) is 16.3 Å². The molecule has 0 N–H and O–H groups in total. The summed E-state index contributed by atoms with van der Waals surface area (Å²) in [5.41, 5.74) is 1.26. The van der Waals surface area contributed by atoms with E-state index in [9.17, 15) is 8.42 Å². The van der Waals surface area contributed by atoms with Crippen molar-refractivity contribution in [3.05, 3.63) is 50.9 Å². The summed E-state index contributed by atoms with van der Waals surface area (Å²) in [4.78, 5) is 4.44. The quantitative estimate of drug-likeness (QED) is 0.835. The summed E-state index contributed by atoms with van der Waals surface area (Å²) in [7, 11) is -3.25. The molecule has 0 radical (unpaired) electrons. The van der Waals surface area contributed by atoms with Gasteiger partial charge in [0, 0.05) is 15.8 Å². The van der Waals surface area contributed by atoms with Crippen molar-refractivity contribution in [1.29, 1.82) is 0 Å². The number of thiazole rings is 1. The fraction of sp³-hybridized carbons (Fsp3) is 0.400. The molecule has 0 aliphatic rings. The molecule has 3 nitrogen and oxygen atoms in total. The largest absolute Gasteiger partial charge is 0.245 e. The van der Waals surface area contributed by atoms with E-state index < -0.39 is 9.84 Å². The highest BCUT2D eigenvalue weighted by molar-refractivity contribution is 7.89. The second kappa shape index (κ2) is 6.07. The average molecular weight is 344 g/mol. The highest BCUT2D eigenvalue weighted by Gasteiger charge is 2.20. The van der Waals surface area contributed by atoms with Crippen LogP contribution in [0.1, 0.15) is 37.0 Å². The van der Waals surface area contributed by atoms with Gasteiger partial charge in [0.15, 0.2) is 9.84 Å². The molecule has 0 spiro atoms. The highest BCUT2D eigenvalue weighted by atomic mass is 35.5. The topological polar surface area (TPSA) is 47.0 Å². The maximum atomic E-state index is 12.3. The van der Waals surface area contributed by atoms with Gasteiger partial charge >= 0.3 is 0 Å². The van der Waals surface area contributed by atoms with Gasteiger partial charge in [-0.15, -0.1) is 11.3 Å². The Bertz CT molecular complexity index is 730. The Morgan fingerprint density at radius 2 is 1.95 bits per heavy atom. The van der Waals surface area contributed by atoms with Crippen LogP contribution in [0.3, 0.4) is 0 Å². The lowest BCUT2D eigenvalue weighted by atomic mass is 9.98. The minimum atomic E-state index is -3.25. The third-order valence-corrected chi connectivity index (χ3v) is 5.90. The van der Waals surface area contributed by atoms with E-state index in [1.54, 1.807) is 24.3 Å². The molecule has 0 aliphatic heterocycles. The van der Waals surface area contributed by atoms with Crippen molar-refractivity contribution >= 4 is 32.8 Å². The molecule has 114 valence electrons. The fourth-order valence-electron chi connectivity index (χ4n) is 1.87. The first-order valence-electron chi connectivity index (χ1n) is 6.55. The number of rotatable bonds is 4. The molecule has 6 heteroatoms. The molecule has 21 heavy (non-hydrogen) atoms. The van der Waals surface area contributed by atoms with Gasteiger partial charge in [0.05, 0.1) is 22.2 Å². The third kappa shape index (κ3) is 4.80. The molecule has 0 saturated carbocycles. The number of sulfone groups is 1. The van der Waals surface area contributed by atoms with Gasteiger partial charge in [-0.3, -0.25) is 0 Å². The standard InChI is InChI=1S/C15H18ClNO2S2/c1-15(2,3)14-17-13(8-20-14)10-21(18,19)9-11-5-4-6-12(16)7-11/h4-8H,9-10H2,1-3H3. The van der Waals surface area contributed by atoms with Crippen LogP contribution in [0.25, 0.3) is 0 Å². The summed E-state index contributed by atoms with van der Waals surface area (Å²) in [6, 6.07) is 6.94. The summed E-state index contributed by atoms with van der Waals surface area (Å²) in [5, 5.41) is 3.33. The maximum Gasteiger partial charge on any atom is 0.160 e. The zero-order valence-electron chi connectivity index (χ0n) is 12.3. The molecule has 0 fully saturated rings. The van der Waals surface area contributed by atoms with E-state index in [4.69, 9.17) is 11.6 Å². The molecule has 0 aliphatic carbocycles. The van der Waals surface area contributed by atoms with Gasteiger partial charge in [-0.2, -0.15) is 0 Å². The Hall–Kier alpha value is -0.910. The predicted octanol–water partition coefficient (Wildman–Crippen LogP) is 4.21. The van der Waals surface area contributed by atoms with Gasteiger partial charge in [-0.1, -0.05) is 44.5 Å². The zero-order chi connectivity index (χ0) is 15.7. The normalized spacial score (nSPS) is 12.6. The van der Waals surface area contributed by atoms with Crippen LogP contribution in [0.2, 0.25) is 5.02 Å². The molecular formula is C15H18ClNO2S2. The molecular weight excluding hydrogens is 326 g/mol. The second-order valence-corrected chi connectivity index (χ2v) is 9.42. The van der Waals surface area contributed by atoms with Gasteiger partial charge in [-0.05, 0) is 17.7 Å². The van der Waals surface area contributed by atoms with Gasteiger partial charge < -0.3 is 0 Å². The van der Waals surface area contributed by atoms with E-state index in [1.165, 1.54) is 11.3 Å². The summed E-state index contributed by atoms with van der Waals surface area (Å²) >= 11 is 7.39. The van der Waals surface area contributed by atoms with Crippen molar-refractivity contribution in [2.75, 3.05) is 0 Å². The monoisotopic (exact) mass is 343 g/mol. The Morgan fingerprint density at radius 1 is 1.24 bits per heavy atom. The first kappa shape index (κ1) is 16.5. The highest BCUT2D eigenvalue weighted by Crippen LogP contribution is 2.26. The van der Waals surface area contributed by atoms with Crippen molar-refractivity contribution in [1.82, 2.24) is 4.98 Å². The van der Waals surface area contributed by atoms with Crippen LogP contribution in [0.15, 0.2) is 29.6 Å². The van der Waals surface area contributed by atoms with Crippen molar-refractivity contribution in [2.24, 2.45) is 0 Å². The minimum absolute atomic E-state index is 0.0179. The van der Waals surface area contributed by atoms with Gasteiger partial charge in [0.2, 0.25) is 0 Å². The molecule has 0 bridgehead atoms. The Morgan fingerprint density at radius 3 is 2.52 bits per heavy atom. The first-order chi connectivity index (χ1) is 9.66. The van der Waals surface area contributed by atoms with Gasteiger partial charge in [-0.25, -0.2) is 13.4 Å². The molecule has 2 aromatic rings. The molecule has 2 rings (SSSR count). The number of hydrogen-bond donors (Lipinski definition) is 0. The summed E-state index contributed by atoms with van der Waals surface area (Å²) in [6.45, 7) is 6.20. The molecule has 1 aromatic carbocycles. The Balaban J connectivity index is 2.13. The van der Waals surface area contributed by atoms with Crippen LogP contribution in [0, 0.1) is 0 Å². The first-order valence-corrected chi connectivity index (χ1v) is 9.63. The van der Waals surface area contributed by atoms with E-state index in [-0.39, 0.29) is 16.9 Å². The Kier molecular flexibility index (Phi) is 4.76. The maximum absolute atomic E-state index is 12.3. The third-order valence-electron chi connectivity index (χ3n) is 2.84. The van der Waals surface area contributed by atoms with Crippen LogP contribution in [0.5, 0.6) is 0 Å². The smallest absolute Gasteiger partial charge is 0.160 e. The van der Waals surface area contributed by atoms with E-state index in [2.05, 4.69) is 25.8 Å². The van der Waals surface area contributed by atoms with Crippen LogP contribution < -0.4 is 0 Å². The van der Waals surface area contributed by atoms with Crippen LogP contribution in [-0.4, -0.2) is 13.4 Å². The molecule has 1 aromatic heterocycles. The lowest BCUT2D eigenvalue weighted by Gasteiger charge is -2.13. The van der Waals surface area contributed by atoms with E-state index in [1.807, 2.05) is 5.38 Å². The minimum Gasteiger partial charge on any atom is -0.245 e. The molecule has 0 atom stereocenters. The van der Waals surface area contributed by atoms with Crippen molar-refractivity contribution in [2.45, 2.75) is 37.7 Å². The molecule has 1 heterocycles. The summed E-state index contributed by atoms with van der Waals surface area (Å²) in [6.07, 6.45) is 0. The fourth-order valence-corrected chi connectivity index (χ4v) is 4.49. The van der Waals surface area contributed by atoms with Crippen LogP contribution in [0.4, 0.5) is 0 Å². The number of nitrogens with zero attached hydrogens (tertiary/aromatic N) is 1. The number of benzene rings is 1. The lowest BCUT2D eigenvalue weighted by Crippen LogP contribution is -2.12. The van der Waals surface area contributed by atoms with Crippen molar-refractivity contribution in [3.63, 3.8) is 0 Å². The van der Waals surface area contributed by atoms with Crippen LogP contribution in [-0.2, 0) is 26.8 Å². The number of aromatic nitrogens is 1. The molecule has 0 saturated heterocycles. The SMILES string of the molecule is CC(C)(C)c1nc(CS(=O)(=O)Cc2cccc(Cl)c2)cs1. The van der Waals surface area contributed by atoms with Crippen molar-refractivity contribution < 1.29 is 8.42 Å². The summed E-state index contributed by atoms with van der Waals surface area (Å²) in [5.74, 6) is -0.0535. The molecule has 0 amide bonds. The van der Waals surface area contributed by atoms with Crippen molar-refractivity contribution in [3.8, 4) is 0 Å². The number of halogens is 1. The van der Waals surface area contributed by atoms with E-state index >= 15 is 0 Å². The lowest BCUT2D eigenvalue weighted by molar-refractivity contribution is 0.580. The van der Waals surface area contributed by atoms with Crippen LogP contribution >= 0.6 is 22.9 Å². The van der Waals surface area contributed by atoms with Gasteiger partial charge in [0.1, 0.15) is 0 Å². The predicted molar refractivity (Wildman–Crippen MR) is 88.6 cm³/mol. The zero-order valence-corrected chi connectivity index (χ0v) is 14.6.